The first kappa shape index (κ1) is 15.3. The highest BCUT2D eigenvalue weighted by atomic mass is 35.5. The van der Waals surface area contributed by atoms with Crippen LogP contribution in [0.5, 0.6) is 0 Å². The summed E-state index contributed by atoms with van der Waals surface area (Å²) in [4.78, 5) is 22.2. The van der Waals surface area contributed by atoms with E-state index in [1.807, 2.05) is 0 Å². The zero-order chi connectivity index (χ0) is 14.3. The van der Waals surface area contributed by atoms with E-state index in [4.69, 9.17) is 21.4 Å². The van der Waals surface area contributed by atoms with Gasteiger partial charge in [-0.15, -0.1) is 0 Å². The van der Waals surface area contributed by atoms with Crippen LogP contribution in [0.1, 0.15) is 16.8 Å². The molecule has 104 valence electrons. The highest BCUT2D eigenvalue weighted by Gasteiger charge is 2.09. The van der Waals surface area contributed by atoms with Gasteiger partial charge >= 0.3 is 12.0 Å². The Labute approximate surface area is 115 Å². The summed E-state index contributed by atoms with van der Waals surface area (Å²) in [6.45, 7) is 1.04. The second-order valence-electron chi connectivity index (χ2n) is 3.73. The number of carbonyl (C=O) groups is 2. The summed E-state index contributed by atoms with van der Waals surface area (Å²) < 4.78 is 4.85. The lowest BCUT2D eigenvalue weighted by molar-refractivity contribution is 0.0697. The Kier molecular flexibility index (Phi) is 6.11. The van der Waals surface area contributed by atoms with Crippen LogP contribution in [0.15, 0.2) is 18.2 Å². The van der Waals surface area contributed by atoms with Crippen molar-refractivity contribution in [2.45, 2.75) is 6.42 Å². The summed E-state index contributed by atoms with van der Waals surface area (Å²) >= 11 is 5.88. The van der Waals surface area contributed by atoms with Crippen LogP contribution in [-0.4, -0.2) is 37.4 Å². The largest absolute Gasteiger partial charge is 0.478 e. The van der Waals surface area contributed by atoms with Crippen LogP contribution in [0.3, 0.4) is 0 Å². The molecule has 7 heteroatoms. The van der Waals surface area contributed by atoms with Crippen molar-refractivity contribution >= 4 is 29.3 Å². The number of carboxylic acids is 1. The lowest BCUT2D eigenvalue weighted by Gasteiger charge is -2.09. The van der Waals surface area contributed by atoms with Gasteiger partial charge in [-0.3, -0.25) is 0 Å². The van der Waals surface area contributed by atoms with E-state index in [1.165, 1.54) is 18.2 Å². The number of rotatable bonds is 6. The SMILES string of the molecule is COCCCNC(=O)Nc1ccc(C(=O)O)cc1Cl. The number of methoxy groups -OCH3 is 1. The van der Waals surface area contributed by atoms with Crippen molar-refractivity contribution in [1.29, 1.82) is 0 Å². The first-order chi connectivity index (χ1) is 9.04. The summed E-state index contributed by atoms with van der Waals surface area (Å²) in [6, 6.07) is 3.70. The Bertz CT molecular complexity index is 465. The van der Waals surface area contributed by atoms with Gasteiger partial charge in [0.2, 0.25) is 0 Å². The van der Waals surface area contributed by atoms with Crippen molar-refractivity contribution in [3.8, 4) is 0 Å². The molecule has 0 saturated heterocycles. The van der Waals surface area contributed by atoms with E-state index in [9.17, 15) is 9.59 Å². The number of ether oxygens (including phenoxy) is 1. The minimum absolute atomic E-state index is 0.0658. The second-order valence-corrected chi connectivity index (χ2v) is 4.13. The number of benzene rings is 1. The van der Waals surface area contributed by atoms with Gasteiger partial charge < -0.3 is 20.5 Å². The normalized spacial score (nSPS) is 10.0. The molecule has 0 saturated carbocycles. The van der Waals surface area contributed by atoms with Gasteiger partial charge in [-0.25, -0.2) is 9.59 Å². The summed E-state index contributed by atoms with van der Waals surface area (Å²) in [5, 5.41) is 14.1. The molecular formula is C12H15ClN2O4. The predicted octanol–water partition coefficient (Wildman–Crippen LogP) is 2.20. The van der Waals surface area contributed by atoms with E-state index in [0.29, 0.717) is 25.3 Å². The number of anilines is 1. The molecule has 0 aromatic heterocycles. The third-order valence-electron chi connectivity index (χ3n) is 2.28. The number of amides is 2. The smallest absolute Gasteiger partial charge is 0.335 e. The van der Waals surface area contributed by atoms with Crippen LogP contribution in [0.4, 0.5) is 10.5 Å². The van der Waals surface area contributed by atoms with Crippen LogP contribution >= 0.6 is 11.6 Å². The van der Waals surface area contributed by atoms with Gasteiger partial charge in [0.1, 0.15) is 0 Å². The van der Waals surface area contributed by atoms with Crippen LogP contribution in [0.2, 0.25) is 5.02 Å². The topological polar surface area (TPSA) is 87.7 Å². The summed E-state index contributed by atoms with van der Waals surface area (Å²) in [6.07, 6.45) is 0.704. The molecule has 0 atom stereocenters. The number of nitrogens with one attached hydrogen (secondary N) is 2. The molecule has 0 unspecified atom stereocenters. The van der Waals surface area contributed by atoms with Crippen molar-refractivity contribution in [3.63, 3.8) is 0 Å². The maximum absolute atomic E-state index is 11.5. The highest BCUT2D eigenvalue weighted by molar-refractivity contribution is 6.34. The minimum atomic E-state index is -1.07. The van der Waals surface area contributed by atoms with Gasteiger partial charge in [0.25, 0.3) is 0 Å². The van der Waals surface area contributed by atoms with Gasteiger partial charge in [-0.05, 0) is 24.6 Å². The van der Waals surface area contributed by atoms with Crippen LogP contribution < -0.4 is 10.6 Å². The summed E-state index contributed by atoms with van der Waals surface area (Å²) in [7, 11) is 1.59. The molecule has 0 radical (unpaired) electrons. The lowest BCUT2D eigenvalue weighted by Crippen LogP contribution is -2.30. The van der Waals surface area contributed by atoms with Gasteiger partial charge in [-0.2, -0.15) is 0 Å². The van der Waals surface area contributed by atoms with Gasteiger partial charge in [0.05, 0.1) is 16.3 Å². The molecule has 19 heavy (non-hydrogen) atoms. The van der Waals surface area contributed by atoms with Gasteiger partial charge in [-0.1, -0.05) is 11.6 Å². The molecule has 1 aromatic rings. The third kappa shape index (κ3) is 5.15. The molecule has 0 bridgehead atoms. The van der Waals surface area contributed by atoms with Crippen molar-refractivity contribution in [2.24, 2.45) is 0 Å². The average molecular weight is 287 g/mol. The molecule has 0 spiro atoms. The molecule has 0 aliphatic heterocycles. The maximum Gasteiger partial charge on any atom is 0.335 e. The molecule has 2 amide bonds. The van der Waals surface area contributed by atoms with E-state index in [2.05, 4.69) is 10.6 Å². The fraction of sp³-hybridized carbons (Fsp3) is 0.333. The van der Waals surface area contributed by atoms with E-state index in [1.54, 1.807) is 7.11 Å². The monoisotopic (exact) mass is 286 g/mol. The van der Waals surface area contributed by atoms with E-state index in [0.717, 1.165) is 0 Å². The quantitative estimate of drug-likeness (QED) is 0.700. The zero-order valence-corrected chi connectivity index (χ0v) is 11.2. The first-order valence-electron chi connectivity index (χ1n) is 5.61. The Morgan fingerprint density at radius 2 is 2.16 bits per heavy atom. The van der Waals surface area contributed by atoms with E-state index < -0.39 is 12.0 Å². The molecule has 1 rings (SSSR count). The molecular weight excluding hydrogens is 272 g/mol. The number of carboxylic acid groups (broad SMARTS) is 1. The van der Waals surface area contributed by atoms with Crippen LogP contribution in [0.25, 0.3) is 0 Å². The molecule has 0 aliphatic rings. The van der Waals surface area contributed by atoms with Gasteiger partial charge in [0, 0.05) is 20.3 Å². The standard InChI is InChI=1S/C12H15ClN2O4/c1-19-6-2-5-14-12(18)15-10-4-3-8(11(16)17)7-9(10)13/h3-4,7H,2,5-6H2,1H3,(H,16,17)(H2,14,15,18). The van der Waals surface area contributed by atoms with Crippen molar-refractivity contribution in [3.05, 3.63) is 28.8 Å². The number of aromatic carboxylic acids is 1. The van der Waals surface area contributed by atoms with Crippen molar-refractivity contribution in [2.75, 3.05) is 25.6 Å². The number of carbonyl (C=O) groups excluding carboxylic acids is 1. The fourth-order valence-corrected chi connectivity index (χ4v) is 1.56. The third-order valence-corrected chi connectivity index (χ3v) is 2.59. The molecule has 0 fully saturated rings. The first-order valence-corrected chi connectivity index (χ1v) is 5.99. The van der Waals surface area contributed by atoms with Crippen LogP contribution in [-0.2, 0) is 4.74 Å². The predicted molar refractivity (Wildman–Crippen MR) is 71.9 cm³/mol. The Morgan fingerprint density at radius 1 is 1.42 bits per heavy atom. The number of hydrogen-bond acceptors (Lipinski definition) is 3. The lowest BCUT2D eigenvalue weighted by atomic mass is 10.2. The Balaban J connectivity index is 2.52. The number of urea groups is 1. The molecule has 6 nitrogen and oxygen atoms in total. The maximum atomic E-state index is 11.5. The summed E-state index contributed by atoms with van der Waals surface area (Å²) in [5.41, 5.74) is 0.423. The van der Waals surface area contributed by atoms with Gasteiger partial charge in [0.15, 0.2) is 0 Å². The molecule has 0 heterocycles. The summed E-state index contributed by atoms with van der Waals surface area (Å²) in [5.74, 6) is -1.07. The van der Waals surface area contributed by atoms with Crippen LogP contribution in [0, 0.1) is 0 Å². The molecule has 0 aliphatic carbocycles. The second kappa shape index (κ2) is 7.60. The Morgan fingerprint density at radius 3 is 2.74 bits per heavy atom. The number of halogens is 1. The molecule has 3 N–H and O–H groups in total. The Hall–Kier alpha value is -1.79. The van der Waals surface area contributed by atoms with E-state index >= 15 is 0 Å². The highest BCUT2D eigenvalue weighted by Crippen LogP contribution is 2.22. The zero-order valence-electron chi connectivity index (χ0n) is 10.4. The van der Waals surface area contributed by atoms with E-state index in [-0.39, 0.29) is 10.6 Å². The average Bonchev–Trinajstić information content (AvgIpc) is 2.37. The number of hydrogen-bond donors (Lipinski definition) is 3. The minimum Gasteiger partial charge on any atom is -0.478 e. The van der Waals surface area contributed by atoms with Crippen molar-refractivity contribution < 1.29 is 19.4 Å². The molecule has 1 aromatic carbocycles. The van der Waals surface area contributed by atoms with Crippen molar-refractivity contribution in [1.82, 2.24) is 5.32 Å². The fourth-order valence-electron chi connectivity index (χ4n) is 1.33.